The van der Waals surface area contributed by atoms with Gasteiger partial charge in [-0.05, 0) is 0 Å². The van der Waals surface area contributed by atoms with Crippen LogP contribution >= 0.6 is 12.4 Å². The molecule has 0 aromatic heterocycles. The summed E-state index contributed by atoms with van der Waals surface area (Å²) in [7, 11) is 0. The van der Waals surface area contributed by atoms with Crippen molar-refractivity contribution in [1.82, 2.24) is 15.5 Å². The molecule has 2 heterocycles. The molecule has 0 aromatic carbocycles. The van der Waals surface area contributed by atoms with Gasteiger partial charge in [0.05, 0.1) is 0 Å². The van der Waals surface area contributed by atoms with Crippen molar-refractivity contribution < 1.29 is 0 Å². The van der Waals surface area contributed by atoms with Crippen molar-refractivity contribution >= 4 is 12.4 Å². The predicted octanol–water partition coefficient (Wildman–Crippen LogP) is -0.286. The third-order valence-electron chi connectivity index (χ3n) is 1.84. The van der Waals surface area contributed by atoms with Gasteiger partial charge in [-0.25, -0.2) is 0 Å². The van der Waals surface area contributed by atoms with Crippen LogP contribution in [0, 0.1) is 0 Å². The van der Waals surface area contributed by atoms with E-state index in [9.17, 15) is 0 Å². The van der Waals surface area contributed by atoms with E-state index in [1.54, 1.807) is 0 Å². The number of nitrogens with one attached hydrogen (secondary N) is 2. The van der Waals surface area contributed by atoms with E-state index in [0.29, 0.717) is 6.17 Å². The van der Waals surface area contributed by atoms with Crippen LogP contribution in [0.15, 0.2) is 12.4 Å². The molecule has 0 aliphatic carbocycles. The lowest BCUT2D eigenvalue weighted by atomic mass is 10.3. The lowest BCUT2D eigenvalue weighted by Crippen LogP contribution is -2.51. The quantitative estimate of drug-likeness (QED) is 0.512. The van der Waals surface area contributed by atoms with E-state index in [1.165, 1.54) is 0 Å². The first-order valence-electron chi connectivity index (χ1n) is 3.36. The summed E-state index contributed by atoms with van der Waals surface area (Å²) in [5.41, 5.74) is 0. The zero-order chi connectivity index (χ0) is 6.10. The zero-order valence-corrected chi connectivity index (χ0v) is 6.53. The van der Waals surface area contributed by atoms with Crippen molar-refractivity contribution in [2.45, 2.75) is 6.17 Å². The Hall–Kier alpha value is -0.410. The Morgan fingerprint density at radius 1 is 1.50 bits per heavy atom. The van der Waals surface area contributed by atoms with Gasteiger partial charge in [-0.15, -0.1) is 12.4 Å². The van der Waals surface area contributed by atoms with Gasteiger partial charge in [-0.2, -0.15) is 0 Å². The van der Waals surface area contributed by atoms with Gasteiger partial charge in [-0.3, -0.25) is 0 Å². The van der Waals surface area contributed by atoms with Gasteiger partial charge in [0, 0.05) is 32.0 Å². The number of hydrogen-bond donors (Lipinski definition) is 2. The molecule has 10 heavy (non-hydrogen) atoms. The summed E-state index contributed by atoms with van der Waals surface area (Å²) in [6.45, 7) is 3.31. The highest BCUT2D eigenvalue weighted by Crippen LogP contribution is 2.05. The first-order chi connectivity index (χ1) is 4.47. The van der Waals surface area contributed by atoms with Crippen molar-refractivity contribution in [3.05, 3.63) is 12.4 Å². The Morgan fingerprint density at radius 3 is 3.20 bits per heavy atom. The molecule has 0 radical (unpaired) electrons. The van der Waals surface area contributed by atoms with Crippen LogP contribution in [-0.4, -0.2) is 30.7 Å². The Bertz CT molecular complexity index is 137. The number of rotatable bonds is 0. The fourth-order valence-corrected chi connectivity index (χ4v) is 1.30. The van der Waals surface area contributed by atoms with Crippen molar-refractivity contribution in [2.75, 3.05) is 19.6 Å². The topological polar surface area (TPSA) is 27.3 Å². The first-order valence-corrected chi connectivity index (χ1v) is 3.36. The fourth-order valence-electron chi connectivity index (χ4n) is 1.30. The Kier molecular flexibility index (Phi) is 2.40. The van der Waals surface area contributed by atoms with Crippen molar-refractivity contribution in [1.29, 1.82) is 0 Å². The maximum Gasteiger partial charge on any atom is 0.111 e. The molecule has 0 bridgehead atoms. The second-order valence-electron chi connectivity index (χ2n) is 2.44. The fraction of sp³-hybridized carbons (Fsp3) is 0.667. The molecule has 4 heteroatoms. The number of hydrogen-bond acceptors (Lipinski definition) is 3. The van der Waals surface area contributed by atoms with Gasteiger partial charge in [0.1, 0.15) is 6.17 Å². The summed E-state index contributed by atoms with van der Waals surface area (Å²) in [5.74, 6) is 0. The molecule has 1 fully saturated rings. The number of nitrogens with zero attached hydrogens (tertiary/aromatic N) is 1. The third kappa shape index (κ3) is 1.20. The van der Waals surface area contributed by atoms with E-state index in [2.05, 4.69) is 21.7 Å². The van der Waals surface area contributed by atoms with Gasteiger partial charge in [0.25, 0.3) is 0 Å². The minimum absolute atomic E-state index is 0. The van der Waals surface area contributed by atoms with Crippen LogP contribution in [0.3, 0.4) is 0 Å². The van der Waals surface area contributed by atoms with Crippen LogP contribution in [0.5, 0.6) is 0 Å². The summed E-state index contributed by atoms with van der Waals surface area (Å²) >= 11 is 0. The van der Waals surface area contributed by atoms with Crippen molar-refractivity contribution in [2.24, 2.45) is 0 Å². The summed E-state index contributed by atoms with van der Waals surface area (Å²) in [6.07, 6.45) is 4.65. The molecule has 2 aliphatic heterocycles. The number of fused-ring (bicyclic) bond motifs is 1. The highest BCUT2D eigenvalue weighted by molar-refractivity contribution is 5.85. The highest BCUT2D eigenvalue weighted by atomic mass is 35.5. The highest BCUT2D eigenvalue weighted by Gasteiger charge is 2.20. The zero-order valence-electron chi connectivity index (χ0n) is 5.71. The normalized spacial score (nSPS) is 28.8. The molecule has 1 unspecified atom stereocenters. The summed E-state index contributed by atoms with van der Waals surface area (Å²) in [6, 6.07) is 0. The second-order valence-corrected chi connectivity index (χ2v) is 2.44. The lowest BCUT2D eigenvalue weighted by Gasteiger charge is -2.30. The molecule has 0 aromatic rings. The molecule has 0 amide bonds. The van der Waals surface area contributed by atoms with E-state index in [4.69, 9.17) is 0 Å². The summed E-state index contributed by atoms with van der Waals surface area (Å²) < 4.78 is 0. The Labute approximate surface area is 66.9 Å². The molecule has 3 nitrogen and oxygen atoms in total. The van der Waals surface area contributed by atoms with Gasteiger partial charge in [0.15, 0.2) is 0 Å². The van der Waals surface area contributed by atoms with Gasteiger partial charge in [-0.1, -0.05) is 0 Å². The van der Waals surface area contributed by atoms with Gasteiger partial charge >= 0.3 is 0 Å². The molecule has 2 rings (SSSR count). The maximum absolute atomic E-state index is 3.31. The van der Waals surface area contributed by atoms with Gasteiger partial charge in [0.2, 0.25) is 0 Å². The molecular weight excluding hydrogens is 150 g/mol. The third-order valence-corrected chi connectivity index (χ3v) is 1.84. The first kappa shape index (κ1) is 7.69. The van der Waals surface area contributed by atoms with Crippen LogP contribution in [-0.2, 0) is 0 Å². The number of halogens is 1. The van der Waals surface area contributed by atoms with E-state index in [-0.39, 0.29) is 12.4 Å². The molecule has 1 atom stereocenters. The van der Waals surface area contributed by atoms with Crippen molar-refractivity contribution in [3.63, 3.8) is 0 Å². The maximum atomic E-state index is 3.31. The van der Waals surface area contributed by atoms with Crippen molar-refractivity contribution in [3.8, 4) is 0 Å². The largest absolute Gasteiger partial charge is 0.369 e. The van der Waals surface area contributed by atoms with Crippen LogP contribution in [0.25, 0.3) is 0 Å². The SMILES string of the molecule is C1=CN2CCNCC2N1.Cl. The molecule has 0 spiro atoms. The average molecular weight is 162 g/mol. The van der Waals surface area contributed by atoms with Gasteiger partial charge < -0.3 is 15.5 Å². The Morgan fingerprint density at radius 2 is 2.40 bits per heavy atom. The molecule has 2 aliphatic rings. The minimum Gasteiger partial charge on any atom is -0.369 e. The molecular formula is C6H12ClN3. The van der Waals surface area contributed by atoms with E-state index in [0.717, 1.165) is 19.6 Å². The summed E-state index contributed by atoms with van der Waals surface area (Å²) in [4.78, 5) is 2.32. The number of piperazine rings is 1. The Balaban J connectivity index is 0.000000500. The second kappa shape index (κ2) is 3.12. The summed E-state index contributed by atoms with van der Waals surface area (Å²) in [5, 5.41) is 6.55. The molecule has 58 valence electrons. The minimum atomic E-state index is 0. The van der Waals surface area contributed by atoms with Crippen LogP contribution in [0.4, 0.5) is 0 Å². The molecule has 0 saturated carbocycles. The monoisotopic (exact) mass is 161 g/mol. The lowest BCUT2D eigenvalue weighted by molar-refractivity contribution is 0.231. The van der Waals surface area contributed by atoms with Crippen LogP contribution < -0.4 is 10.6 Å². The van der Waals surface area contributed by atoms with E-state index >= 15 is 0 Å². The van der Waals surface area contributed by atoms with E-state index < -0.39 is 0 Å². The van der Waals surface area contributed by atoms with Crippen LogP contribution in [0.2, 0.25) is 0 Å². The standard InChI is InChI=1S/C6H11N3.ClH/c1-3-9-4-2-8-6(9)5-7-1;/h2,4,6-8H,1,3,5H2;1H. The average Bonchev–Trinajstić information content (AvgIpc) is 2.33. The molecule has 2 N–H and O–H groups in total. The smallest absolute Gasteiger partial charge is 0.111 e. The molecule has 1 saturated heterocycles. The predicted molar refractivity (Wildman–Crippen MR) is 42.9 cm³/mol. The van der Waals surface area contributed by atoms with Crippen LogP contribution in [0.1, 0.15) is 0 Å². The van der Waals surface area contributed by atoms with E-state index in [1.807, 2.05) is 6.20 Å².